The molecule has 0 radical (unpaired) electrons. The number of nitrogens with one attached hydrogen (secondary N) is 1. The Bertz CT molecular complexity index is 668. The zero-order valence-electron chi connectivity index (χ0n) is 11.3. The van der Waals surface area contributed by atoms with Crippen LogP contribution in [0.5, 0.6) is 0 Å². The molecule has 3 rings (SSSR count). The van der Waals surface area contributed by atoms with Crippen LogP contribution in [0.1, 0.15) is 35.0 Å². The molecule has 0 aliphatic rings. The summed E-state index contributed by atoms with van der Waals surface area (Å²) in [6, 6.07) is 4.05. The first kappa shape index (κ1) is 13.8. The molecule has 0 spiro atoms. The maximum absolute atomic E-state index is 10.00. The van der Waals surface area contributed by atoms with Gasteiger partial charge in [0, 0.05) is 12.4 Å². The molecule has 7 heteroatoms. The van der Waals surface area contributed by atoms with Crippen molar-refractivity contribution in [2.24, 2.45) is 0 Å². The number of aryl methyl sites for hydroxylation is 1. The van der Waals surface area contributed by atoms with Crippen LogP contribution in [0.2, 0.25) is 0 Å². The second kappa shape index (κ2) is 6.55. The van der Waals surface area contributed by atoms with Gasteiger partial charge < -0.3 is 5.11 Å². The van der Waals surface area contributed by atoms with Gasteiger partial charge in [-0.15, -0.1) is 10.2 Å². The molecule has 2 N–H and O–H groups in total. The summed E-state index contributed by atoms with van der Waals surface area (Å²) in [5.41, 5.74) is 3.80. The third-order valence-electron chi connectivity index (χ3n) is 3.32. The number of H-pyrrole nitrogens is 1. The average Bonchev–Trinajstić information content (AvgIpc) is 3.18. The molecule has 0 aliphatic carbocycles. The summed E-state index contributed by atoms with van der Waals surface area (Å²) < 4.78 is 0. The number of pyridine rings is 1. The van der Waals surface area contributed by atoms with Gasteiger partial charge in [0.2, 0.25) is 5.82 Å². The minimum absolute atomic E-state index is 0.348. The summed E-state index contributed by atoms with van der Waals surface area (Å²) >= 11 is 1.69. The van der Waals surface area contributed by atoms with Crippen molar-refractivity contribution in [3.63, 3.8) is 0 Å². The maximum atomic E-state index is 10.00. The van der Waals surface area contributed by atoms with Gasteiger partial charge in [0.25, 0.3) is 0 Å². The molecule has 0 saturated heterocycles. The van der Waals surface area contributed by atoms with E-state index < -0.39 is 6.10 Å². The van der Waals surface area contributed by atoms with Crippen molar-refractivity contribution in [3.05, 3.63) is 57.8 Å². The van der Waals surface area contributed by atoms with E-state index >= 15 is 0 Å². The van der Waals surface area contributed by atoms with Crippen molar-refractivity contribution in [1.29, 1.82) is 0 Å². The Labute approximate surface area is 125 Å². The fourth-order valence-corrected chi connectivity index (χ4v) is 3.08. The number of rotatable bonds is 6. The molecule has 0 aromatic carbocycles. The fraction of sp³-hybridized carbons (Fsp3) is 0.286. The fourth-order valence-electron chi connectivity index (χ4n) is 2.18. The third kappa shape index (κ3) is 3.50. The van der Waals surface area contributed by atoms with Crippen molar-refractivity contribution < 1.29 is 5.11 Å². The molecule has 0 amide bonds. The summed E-state index contributed by atoms with van der Waals surface area (Å²) in [4.78, 5) is 4.03. The van der Waals surface area contributed by atoms with Gasteiger partial charge in [-0.1, -0.05) is 5.21 Å². The Balaban J connectivity index is 1.63. The van der Waals surface area contributed by atoms with Crippen LogP contribution >= 0.6 is 11.3 Å². The van der Waals surface area contributed by atoms with Gasteiger partial charge in [0.1, 0.15) is 6.10 Å². The van der Waals surface area contributed by atoms with E-state index in [1.807, 2.05) is 12.1 Å². The normalized spacial score (nSPS) is 12.4. The van der Waals surface area contributed by atoms with Gasteiger partial charge in [0.15, 0.2) is 0 Å². The van der Waals surface area contributed by atoms with Crippen LogP contribution in [0.4, 0.5) is 0 Å². The van der Waals surface area contributed by atoms with Crippen molar-refractivity contribution >= 4 is 11.3 Å². The standard InChI is InChI=1S/C14H15N5OS/c20-13(14-16-18-19-17-14)2-1-11-8-21-9-12(11)7-10-3-5-15-6-4-10/h3-6,8-9,13,20H,1-2,7H2,(H,16,17,18,19). The van der Waals surface area contributed by atoms with Crippen LogP contribution < -0.4 is 0 Å². The SMILES string of the molecule is OC(CCc1cscc1Cc1ccncc1)c1nn[nH]n1. The lowest BCUT2D eigenvalue weighted by Gasteiger charge is -2.07. The van der Waals surface area contributed by atoms with E-state index in [1.54, 1.807) is 23.7 Å². The molecule has 108 valence electrons. The topological polar surface area (TPSA) is 87.6 Å². The van der Waals surface area contributed by atoms with Crippen LogP contribution in [0.25, 0.3) is 0 Å². The lowest BCUT2D eigenvalue weighted by molar-refractivity contribution is 0.158. The van der Waals surface area contributed by atoms with Gasteiger partial charge in [0.05, 0.1) is 0 Å². The number of hydrogen-bond donors (Lipinski definition) is 2. The monoisotopic (exact) mass is 301 g/mol. The second-order valence-corrected chi connectivity index (χ2v) is 5.52. The van der Waals surface area contributed by atoms with Gasteiger partial charge >= 0.3 is 0 Å². The highest BCUT2D eigenvalue weighted by Gasteiger charge is 2.14. The molecule has 3 aromatic rings. The first-order valence-electron chi connectivity index (χ1n) is 6.67. The lowest BCUT2D eigenvalue weighted by atomic mass is 10.0. The molecule has 0 fully saturated rings. The number of thiophene rings is 1. The van der Waals surface area contributed by atoms with E-state index in [-0.39, 0.29) is 0 Å². The molecule has 6 nitrogen and oxygen atoms in total. The number of aliphatic hydroxyl groups excluding tert-OH is 1. The average molecular weight is 301 g/mol. The molecule has 3 aromatic heterocycles. The largest absolute Gasteiger partial charge is 0.385 e. The van der Waals surface area contributed by atoms with E-state index in [9.17, 15) is 5.11 Å². The summed E-state index contributed by atoms with van der Waals surface area (Å²) in [6.45, 7) is 0. The molecule has 3 heterocycles. The van der Waals surface area contributed by atoms with Crippen LogP contribution in [-0.2, 0) is 12.8 Å². The van der Waals surface area contributed by atoms with Gasteiger partial charge in [-0.25, -0.2) is 0 Å². The molecular formula is C14H15N5OS. The Morgan fingerprint density at radius 2 is 2.00 bits per heavy atom. The molecule has 1 atom stereocenters. The van der Waals surface area contributed by atoms with Crippen LogP contribution in [-0.4, -0.2) is 30.7 Å². The van der Waals surface area contributed by atoms with Crippen LogP contribution in [0.3, 0.4) is 0 Å². The second-order valence-electron chi connectivity index (χ2n) is 4.78. The van der Waals surface area contributed by atoms with E-state index in [1.165, 1.54) is 16.7 Å². The predicted molar refractivity (Wildman–Crippen MR) is 78.8 cm³/mol. The van der Waals surface area contributed by atoms with E-state index in [0.717, 1.165) is 12.8 Å². The van der Waals surface area contributed by atoms with Gasteiger partial charge in [-0.2, -0.15) is 16.6 Å². The number of aromatic nitrogens is 5. The van der Waals surface area contributed by atoms with Crippen LogP contribution in [0.15, 0.2) is 35.3 Å². The highest BCUT2D eigenvalue weighted by Crippen LogP contribution is 2.23. The summed E-state index contributed by atoms with van der Waals surface area (Å²) in [5.74, 6) is 0.348. The Morgan fingerprint density at radius 1 is 1.19 bits per heavy atom. The maximum Gasteiger partial charge on any atom is 0.202 e. The van der Waals surface area contributed by atoms with E-state index in [4.69, 9.17) is 0 Å². The smallest absolute Gasteiger partial charge is 0.202 e. The summed E-state index contributed by atoms with van der Waals surface area (Å²) in [6.07, 6.45) is 5.19. The van der Waals surface area contributed by atoms with Crippen molar-refractivity contribution in [2.75, 3.05) is 0 Å². The molecule has 1 unspecified atom stereocenters. The molecule has 0 saturated carbocycles. The number of aromatic amines is 1. The first-order valence-corrected chi connectivity index (χ1v) is 7.61. The third-order valence-corrected chi connectivity index (χ3v) is 4.17. The van der Waals surface area contributed by atoms with Gasteiger partial charge in [-0.3, -0.25) is 4.98 Å². The molecule has 0 bridgehead atoms. The Hall–Kier alpha value is -2.12. The molecule has 0 aliphatic heterocycles. The highest BCUT2D eigenvalue weighted by molar-refractivity contribution is 7.08. The highest BCUT2D eigenvalue weighted by atomic mass is 32.1. The summed E-state index contributed by atoms with van der Waals surface area (Å²) in [7, 11) is 0. The van der Waals surface area contributed by atoms with E-state index in [0.29, 0.717) is 12.2 Å². The number of hydrogen-bond acceptors (Lipinski definition) is 6. The first-order chi connectivity index (χ1) is 10.3. The minimum atomic E-state index is -0.683. The van der Waals surface area contributed by atoms with Gasteiger partial charge in [-0.05, 0) is 58.8 Å². The molecular weight excluding hydrogens is 286 g/mol. The number of aliphatic hydroxyl groups is 1. The summed E-state index contributed by atoms with van der Waals surface area (Å²) in [5, 5.41) is 27.7. The number of nitrogens with zero attached hydrogens (tertiary/aromatic N) is 4. The lowest BCUT2D eigenvalue weighted by Crippen LogP contribution is -2.03. The quantitative estimate of drug-likeness (QED) is 0.726. The van der Waals surface area contributed by atoms with E-state index in [2.05, 4.69) is 36.4 Å². The van der Waals surface area contributed by atoms with Crippen LogP contribution in [0, 0.1) is 0 Å². The zero-order chi connectivity index (χ0) is 14.5. The molecule has 21 heavy (non-hydrogen) atoms. The van der Waals surface area contributed by atoms with Crippen molar-refractivity contribution in [2.45, 2.75) is 25.4 Å². The predicted octanol–water partition coefficient (Wildman–Crippen LogP) is 1.91. The Morgan fingerprint density at radius 3 is 2.76 bits per heavy atom. The Kier molecular flexibility index (Phi) is 4.32. The minimum Gasteiger partial charge on any atom is -0.385 e. The van der Waals surface area contributed by atoms with Crippen molar-refractivity contribution in [1.82, 2.24) is 25.6 Å². The zero-order valence-corrected chi connectivity index (χ0v) is 12.1. The van der Waals surface area contributed by atoms with Crippen molar-refractivity contribution in [3.8, 4) is 0 Å². The number of tetrazole rings is 1.